The highest BCUT2D eigenvalue weighted by Crippen LogP contribution is 2.38. The van der Waals surface area contributed by atoms with Gasteiger partial charge in [0.25, 0.3) is 0 Å². The molecule has 0 spiro atoms. The molecule has 2 aromatic carbocycles. The van der Waals surface area contributed by atoms with Crippen molar-refractivity contribution >= 4 is 33.4 Å². The summed E-state index contributed by atoms with van der Waals surface area (Å²) < 4.78 is 1.02. The van der Waals surface area contributed by atoms with E-state index in [2.05, 4.69) is 82.1 Å². The Balaban J connectivity index is 1.76. The molecule has 118 valence electrons. The summed E-state index contributed by atoms with van der Waals surface area (Å²) in [5.74, 6) is 0.405. The monoisotopic (exact) mass is 417 g/mol. The fraction of sp³-hybridized carbons (Fsp3) is 0.300. The van der Waals surface area contributed by atoms with Gasteiger partial charge in [0, 0.05) is 19.0 Å². The quantitative estimate of drug-likeness (QED) is 0.449. The number of hydrogen-bond donors (Lipinski definition) is 1. The van der Waals surface area contributed by atoms with Gasteiger partial charge in [-0.2, -0.15) is 0 Å². The molecule has 1 fully saturated rings. The second kappa shape index (κ2) is 6.38. The van der Waals surface area contributed by atoms with E-state index in [-0.39, 0.29) is 6.10 Å². The largest absolute Gasteiger partial charge is 0.389 e. The lowest BCUT2D eigenvalue weighted by atomic mass is 9.79. The maximum Gasteiger partial charge on any atom is 0.0761 e. The Labute approximate surface area is 150 Å². The second-order valence-corrected chi connectivity index (χ2v) is 7.13. The summed E-state index contributed by atoms with van der Waals surface area (Å²) in [6, 6.07) is 15.4. The molecule has 4 rings (SSSR count). The van der Waals surface area contributed by atoms with Crippen molar-refractivity contribution in [1.82, 2.24) is 4.90 Å². The molecule has 2 aliphatic rings. The first-order valence-corrected chi connectivity index (χ1v) is 9.63. The molecule has 1 heterocycles. The van der Waals surface area contributed by atoms with Crippen molar-refractivity contribution in [1.29, 1.82) is 0 Å². The van der Waals surface area contributed by atoms with Crippen LogP contribution in [0, 0.1) is 0 Å². The molecule has 0 radical (unpaired) electrons. The molecular formula is C20H20INO. The standard InChI is InChI=1S/C20H20INO/c21-13-22-11-17-10-18(23)7-8-19(17)20(12-22)16-6-5-14-3-1-2-4-15(14)9-16/h1-6,8-10,18,20,23H,7,11-13H2. The van der Waals surface area contributed by atoms with Crippen molar-refractivity contribution in [2.75, 3.05) is 17.6 Å². The minimum Gasteiger partial charge on any atom is -0.389 e. The van der Waals surface area contributed by atoms with Gasteiger partial charge in [0.15, 0.2) is 0 Å². The van der Waals surface area contributed by atoms with Crippen LogP contribution in [0.2, 0.25) is 0 Å². The van der Waals surface area contributed by atoms with Gasteiger partial charge in [0.05, 0.1) is 10.7 Å². The van der Waals surface area contributed by atoms with Crippen molar-refractivity contribution in [2.24, 2.45) is 0 Å². The fourth-order valence-corrected chi connectivity index (χ4v) is 4.27. The summed E-state index contributed by atoms with van der Waals surface area (Å²) in [7, 11) is 0. The number of piperidine rings is 1. The van der Waals surface area contributed by atoms with Crippen LogP contribution in [0.25, 0.3) is 10.8 Å². The van der Waals surface area contributed by atoms with E-state index in [1.807, 2.05) is 0 Å². The van der Waals surface area contributed by atoms with Crippen molar-refractivity contribution in [3.05, 3.63) is 71.3 Å². The zero-order chi connectivity index (χ0) is 15.8. The smallest absolute Gasteiger partial charge is 0.0761 e. The molecule has 0 amide bonds. The Hall–Kier alpha value is -1.17. The molecule has 1 aliphatic heterocycles. The minimum absolute atomic E-state index is 0.319. The summed E-state index contributed by atoms with van der Waals surface area (Å²) in [4.78, 5) is 2.46. The first kappa shape index (κ1) is 15.4. The number of aliphatic hydroxyl groups excluding tert-OH is 1. The molecule has 1 N–H and O–H groups in total. The van der Waals surface area contributed by atoms with Crippen molar-refractivity contribution < 1.29 is 5.11 Å². The molecule has 2 atom stereocenters. The number of halogens is 1. The summed E-state index contributed by atoms with van der Waals surface area (Å²) in [5.41, 5.74) is 4.11. The van der Waals surface area contributed by atoms with Crippen LogP contribution in [-0.4, -0.2) is 33.8 Å². The Bertz CT molecular complexity index is 795. The van der Waals surface area contributed by atoms with Gasteiger partial charge in [-0.1, -0.05) is 77.2 Å². The Morgan fingerprint density at radius 3 is 2.78 bits per heavy atom. The molecule has 3 heteroatoms. The molecule has 1 saturated heterocycles. The summed E-state index contributed by atoms with van der Waals surface area (Å²) >= 11 is 2.44. The first-order chi connectivity index (χ1) is 11.2. The number of likely N-dealkylation sites (tertiary alicyclic amines) is 1. The summed E-state index contributed by atoms with van der Waals surface area (Å²) in [5, 5.41) is 12.6. The highest BCUT2D eigenvalue weighted by molar-refractivity contribution is 14.1. The number of alkyl halides is 1. The van der Waals surface area contributed by atoms with E-state index in [1.165, 1.54) is 27.5 Å². The van der Waals surface area contributed by atoms with Crippen LogP contribution in [0.15, 0.2) is 65.8 Å². The van der Waals surface area contributed by atoms with E-state index in [0.29, 0.717) is 5.92 Å². The van der Waals surface area contributed by atoms with E-state index >= 15 is 0 Å². The van der Waals surface area contributed by atoms with Crippen LogP contribution in [0.4, 0.5) is 0 Å². The Morgan fingerprint density at radius 2 is 1.96 bits per heavy atom. The average molecular weight is 417 g/mol. The molecule has 2 unspecified atom stereocenters. The van der Waals surface area contributed by atoms with Gasteiger partial charge < -0.3 is 5.11 Å². The number of fused-ring (bicyclic) bond motifs is 2. The Morgan fingerprint density at radius 1 is 1.13 bits per heavy atom. The number of benzene rings is 2. The lowest BCUT2D eigenvalue weighted by Crippen LogP contribution is -2.37. The van der Waals surface area contributed by atoms with Gasteiger partial charge in [-0.15, -0.1) is 0 Å². The third kappa shape index (κ3) is 2.97. The number of nitrogens with zero attached hydrogens (tertiary/aromatic N) is 1. The average Bonchev–Trinajstić information content (AvgIpc) is 2.60. The third-order valence-corrected chi connectivity index (χ3v) is 5.86. The number of rotatable bonds is 2. The molecule has 0 aromatic heterocycles. The van der Waals surface area contributed by atoms with Crippen LogP contribution in [-0.2, 0) is 0 Å². The van der Waals surface area contributed by atoms with Crippen LogP contribution >= 0.6 is 22.6 Å². The zero-order valence-electron chi connectivity index (χ0n) is 13.0. The van der Waals surface area contributed by atoms with Gasteiger partial charge >= 0.3 is 0 Å². The SMILES string of the molecule is OC1C=C2CN(CI)CC(c3ccc4ccccc4c3)C2=CC1. The normalized spacial score (nSPS) is 25.0. The lowest BCUT2D eigenvalue weighted by molar-refractivity contribution is 0.219. The van der Waals surface area contributed by atoms with E-state index in [4.69, 9.17) is 0 Å². The third-order valence-electron chi connectivity index (χ3n) is 4.90. The van der Waals surface area contributed by atoms with Crippen LogP contribution < -0.4 is 0 Å². The molecule has 0 bridgehead atoms. The van der Waals surface area contributed by atoms with Crippen molar-refractivity contribution in [3.8, 4) is 0 Å². The molecule has 2 aromatic rings. The van der Waals surface area contributed by atoms with E-state index < -0.39 is 0 Å². The summed E-state index contributed by atoms with van der Waals surface area (Å²) in [6.07, 6.45) is 4.74. The van der Waals surface area contributed by atoms with E-state index in [0.717, 1.165) is 24.1 Å². The maximum atomic E-state index is 9.96. The van der Waals surface area contributed by atoms with Crippen molar-refractivity contribution in [2.45, 2.75) is 18.4 Å². The molecular weight excluding hydrogens is 397 g/mol. The summed E-state index contributed by atoms with van der Waals surface area (Å²) in [6.45, 7) is 2.01. The Kier molecular flexibility index (Phi) is 4.26. The van der Waals surface area contributed by atoms with E-state index in [9.17, 15) is 5.11 Å². The van der Waals surface area contributed by atoms with Gasteiger partial charge in [0.2, 0.25) is 0 Å². The van der Waals surface area contributed by atoms with Gasteiger partial charge in [-0.3, -0.25) is 4.90 Å². The number of aliphatic hydroxyl groups is 1. The minimum atomic E-state index is -0.319. The highest BCUT2D eigenvalue weighted by atomic mass is 127. The first-order valence-electron chi connectivity index (χ1n) is 8.11. The molecule has 23 heavy (non-hydrogen) atoms. The topological polar surface area (TPSA) is 23.5 Å². The maximum absolute atomic E-state index is 9.96. The van der Waals surface area contributed by atoms with Crippen LogP contribution in [0.5, 0.6) is 0 Å². The van der Waals surface area contributed by atoms with Crippen molar-refractivity contribution in [3.63, 3.8) is 0 Å². The van der Waals surface area contributed by atoms with Crippen LogP contribution in [0.1, 0.15) is 17.9 Å². The second-order valence-electron chi connectivity index (χ2n) is 6.44. The lowest BCUT2D eigenvalue weighted by Gasteiger charge is -2.38. The van der Waals surface area contributed by atoms with Gasteiger partial charge in [-0.05, 0) is 33.9 Å². The van der Waals surface area contributed by atoms with E-state index in [1.54, 1.807) is 0 Å². The number of hydrogen-bond acceptors (Lipinski definition) is 2. The predicted molar refractivity (Wildman–Crippen MR) is 104 cm³/mol. The fourth-order valence-electron chi connectivity index (χ4n) is 3.75. The molecule has 2 nitrogen and oxygen atoms in total. The predicted octanol–water partition coefficient (Wildman–Crippen LogP) is 4.25. The van der Waals surface area contributed by atoms with Gasteiger partial charge in [-0.25, -0.2) is 0 Å². The zero-order valence-corrected chi connectivity index (χ0v) is 15.1. The van der Waals surface area contributed by atoms with Crippen LogP contribution in [0.3, 0.4) is 0 Å². The highest BCUT2D eigenvalue weighted by Gasteiger charge is 2.30. The van der Waals surface area contributed by atoms with Gasteiger partial charge in [0.1, 0.15) is 0 Å². The molecule has 0 saturated carbocycles. The molecule has 1 aliphatic carbocycles.